The summed E-state index contributed by atoms with van der Waals surface area (Å²) in [7, 11) is 0. The number of anilines is 1. The second-order valence-electron chi connectivity index (χ2n) is 7.61. The zero-order valence-electron chi connectivity index (χ0n) is 16.5. The summed E-state index contributed by atoms with van der Waals surface area (Å²) in [6, 6.07) is 9.11. The SMILES string of the molecule is CCC(C)(C)N(C(=O)c1ccc(F)cc1)C1CC(=O)N(c2ccc(F)cc2)C1=O. The van der Waals surface area contributed by atoms with Crippen molar-refractivity contribution in [3.63, 3.8) is 0 Å². The monoisotopic (exact) mass is 400 g/mol. The summed E-state index contributed by atoms with van der Waals surface area (Å²) in [4.78, 5) is 41.4. The molecule has 1 unspecified atom stereocenters. The molecule has 0 saturated carbocycles. The third-order valence-electron chi connectivity index (χ3n) is 5.35. The van der Waals surface area contributed by atoms with Gasteiger partial charge in [0.05, 0.1) is 12.1 Å². The molecule has 2 aromatic carbocycles. The van der Waals surface area contributed by atoms with E-state index in [9.17, 15) is 23.2 Å². The van der Waals surface area contributed by atoms with E-state index in [1.807, 2.05) is 20.8 Å². The minimum absolute atomic E-state index is 0.174. The summed E-state index contributed by atoms with van der Waals surface area (Å²) in [5, 5.41) is 0. The smallest absolute Gasteiger partial charge is 0.257 e. The zero-order chi connectivity index (χ0) is 21.3. The van der Waals surface area contributed by atoms with E-state index in [0.717, 1.165) is 4.90 Å². The molecule has 29 heavy (non-hydrogen) atoms. The molecule has 1 aliphatic rings. The van der Waals surface area contributed by atoms with Crippen LogP contribution in [0, 0.1) is 11.6 Å². The Kier molecular flexibility index (Phi) is 5.50. The average Bonchev–Trinajstić information content (AvgIpc) is 2.97. The molecular formula is C22H22F2N2O3. The topological polar surface area (TPSA) is 57.7 Å². The Morgan fingerprint density at radius 1 is 1.03 bits per heavy atom. The van der Waals surface area contributed by atoms with Gasteiger partial charge in [0.15, 0.2) is 0 Å². The normalized spacial score (nSPS) is 17.0. The minimum atomic E-state index is -1.000. The predicted octanol–water partition coefficient (Wildman–Crippen LogP) is 3.93. The van der Waals surface area contributed by atoms with E-state index >= 15 is 0 Å². The summed E-state index contributed by atoms with van der Waals surface area (Å²) in [6.07, 6.45) is 0.362. The Hall–Kier alpha value is -3.09. The number of hydrogen-bond donors (Lipinski definition) is 0. The molecule has 3 amide bonds. The van der Waals surface area contributed by atoms with E-state index in [1.54, 1.807) is 0 Å². The first kappa shape index (κ1) is 20.6. The number of nitrogens with zero attached hydrogens (tertiary/aromatic N) is 2. The Labute approximate surface area is 167 Å². The number of hydrogen-bond acceptors (Lipinski definition) is 3. The molecule has 0 spiro atoms. The molecule has 0 aliphatic carbocycles. The first-order valence-electron chi connectivity index (χ1n) is 9.37. The van der Waals surface area contributed by atoms with Crippen LogP contribution in [-0.2, 0) is 9.59 Å². The molecule has 1 atom stereocenters. The Morgan fingerprint density at radius 2 is 1.55 bits per heavy atom. The molecule has 0 aromatic heterocycles. The van der Waals surface area contributed by atoms with Gasteiger partial charge in [-0.15, -0.1) is 0 Å². The van der Waals surface area contributed by atoms with Crippen LogP contribution in [0.25, 0.3) is 0 Å². The van der Waals surface area contributed by atoms with Crippen LogP contribution in [0.5, 0.6) is 0 Å². The Morgan fingerprint density at radius 3 is 2.07 bits per heavy atom. The molecule has 1 fully saturated rings. The number of halogens is 2. The summed E-state index contributed by atoms with van der Waals surface area (Å²) in [6.45, 7) is 5.50. The number of amides is 3. The van der Waals surface area contributed by atoms with E-state index in [2.05, 4.69) is 0 Å². The highest BCUT2D eigenvalue weighted by Gasteiger charge is 2.48. The van der Waals surface area contributed by atoms with Crippen molar-refractivity contribution in [2.75, 3.05) is 4.90 Å². The van der Waals surface area contributed by atoms with Gasteiger partial charge in [0.2, 0.25) is 5.91 Å². The van der Waals surface area contributed by atoms with Crippen LogP contribution in [-0.4, -0.2) is 34.2 Å². The lowest BCUT2D eigenvalue weighted by atomic mass is 9.94. The van der Waals surface area contributed by atoms with Crippen molar-refractivity contribution in [2.45, 2.75) is 45.2 Å². The molecule has 5 nitrogen and oxygen atoms in total. The molecule has 2 aromatic rings. The number of benzene rings is 2. The van der Waals surface area contributed by atoms with E-state index in [4.69, 9.17) is 0 Å². The lowest BCUT2D eigenvalue weighted by Gasteiger charge is -2.41. The molecular weight excluding hydrogens is 378 g/mol. The summed E-state index contributed by atoms with van der Waals surface area (Å²) in [5.74, 6) is -2.42. The highest BCUT2D eigenvalue weighted by Crippen LogP contribution is 2.32. The van der Waals surface area contributed by atoms with E-state index < -0.39 is 40.9 Å². The van der Waals surface area contributed by atoms with Crippen molar-refractivity contribution < 1.29 is 23.2 Å². The fourth-order valence-corrected chi connectivity index (χ4v) is 3.42. The Bertz CT molecular complexity index is 940. The molecule has 0 radical (unpaired) electrons. The first-order chi connectivity index (χ1) is 13.7. The van der Waals surface area contributed by atoms with Gasteiger partial charge in [0.25, 0.3) is 11.8 Å². The van der Waals surface area contributed by atoms with Gasteiger partial charge < -0.3 is 4.90 Å². The fourth-order valence-electron chi connectivity index (χ4n) is 3.42. The highest BCUT2D eigenvalue weighted by atomic mass is 19.1. The predicted molar refractivity (Wildman–Crippen MR) is 104 cm³/mol. The summed E-state index contributed by atoms with van der Waals surface area (Å²) >= 11 is 0. The standard InChI is InChI=1S/C22H22F2N2O3/c1-4-22(2,3)26(20(28)14-5-7-15(23)8-6-14)18-13-19(27)25(21(18)29)17-11-9-16(24)10-12-17/h5-12,18H,4,13H2,1-3H3. The van der Waals surface area contributed by atoms with Gasteiger partial charge in [-0.3, -0.25) is 14.4 Å². The molecule has 1 saturated heterocycles. The van der Waals surface area contributed by atoms with Crippen LogP contribution in [0.15, 0.2) is 48.5 Å². The summed E-state index contributed by atoms with van der Waals surface area (Å²) in [5.41, 5.74) is -0.244. The molecule has 1 aliphatic heterocycles. The third kappa shape index (κ3) is 3.90. The van der Waals surface area contributed by atoms with Gasteiger partial charge in [-0.25, -0.2) is 13.7 Å². The van der Waals surface area contributed by atoms with Gasteiger partial charge in [-0.05, 0) is 68.8 Å². The molecule has 1 heterocycles. The lowest BCUT2D eigenvalue weighted by Crippen LogP contribution is -2.55. The van der Waals surface area contributed by atoms with Gasteiger partial charge in [0.1, 0.15) is 17.7 Å². The van der Waals surface area contributed by atoms with Crippen LogP contribution in [0.3, 0.4) is 0 Å². The van der Waals surface area contributed by atoms with Crippen molar-refractivity contribution in [3.05, 3.63) is 65.7 Å². The van der Waals surface area contributed by atoms with Crippen LogP contribution < -0.4 is 4.90 Å². The van der Waals surface area contributed by atoms with Crippen molar-refractivity contribution >= 4 is 23.4 Å². The van der Waals surface area contributed by atoms with Crippen LogP contribution in [0.1, 0.15) is 44.0 Å². The van der Waals surface area contributed by atoms with E-state index in [0.29, 0.717) is 6.42 Å². The van der Waals surface area contributed by atoms with Crippen LogP contribution in [0.2, 0.25) is 0 Å². The van der Waals surface area contributed by atoms with E-state index in [1.165, 1.54) is 53.4 Å². The third-order valence-corrected chi connectivity index (χ3v) is 5.35. The van der Waals surface area contributed by atoms with Gasteiger partial charge in [0, 0.05) is 11.1 Å². The van der Waals surface area contributed by atoms with Gasteiger partial charge >= 0.3 is 0 Å². The largest absolute Gasteiger partial charge is 0.321 e. The second-order valence-corrected chi connectivity index (χ2v) is 7.61. The van der Waals surface area contributed by atoms with Crippen LogP contribution in [0.4, 0.5) is 14.5 Å². The van der Waals surface area contributed by atoms with E-state index in [-0.39, 0.29) is 17.7 Å². The maximum Gasteiger partial charge on any atom is 0.257 e. The first-order valence-corrected chi connectivity index (χ1v) is 9.37. The molecule has 3 rings (SSSR count). The Balaban J connectivity index is 1.99. The van der Waals surface area contributed by atoms with Crippen molar-refractivity contribution in [1.29, 1.82) is 0 Å². The minimum Gasteiger partial charge on any atom is -0.321 e. The van der Waals surface area contributed by atoms with Crippen LogP contribution >= 0.6 is 0 Å². The molecule has 7 heteroatoms. The second kappa shape index (κ2) is 7.73. The zero-order valence-corrected chi connectivity index (χ0v) is 16.5. The van der Waals surface area contributed by atoms with Gasteiger partial charge in [-0.1, -0.05) is 6.92 Å². The molecule has 0 bridgehead atoms. The lowest BCUT2D eigenvalue weighted by molar-refractivity contribution is -0.123. The average molecular weight is 400 g/mol. The van der Waals surface area contributed by atoms with Crippen molar-refractivity contribution in [2.24, 2.45) is 0 Å². The molecule has 0 N–H and O–H groups in total. The highest BCUT2D eigenvalue weighted by molar-refractivity contribution is 6.23. The maximum absolute atomic E-state index is 13.3. The number of carbonyl (C=O) groups excluding carboxylic acids is 3. The van der Waals surface area contributed by atoms with Gasteiger partial charge in [-0.2, -0.15) is 0 Å². The number of imide groups is 1. The maximum atomic E-state index is 13.3. The van der Waals surface area contributed by atoms with Crippen molar-refractivity contribution in [3.8, 4) is 0 Å². The number of rotatable bonds is 5. The fraction of sp³-hybridized carbons (Fsp3) is 0.318. The summed E-state index contributed by atoms with van der Waals surface area (Å²) < 4.78 is 26.5. The number of carbonyl (C=O) groups is 3. The van der Waals surface area contributed by atoms with Crippen molar-refractivity contribution in [1.82, 2.24) is 4.90 Å². The quantitative estimate of drug-likeness (QED) is 0.715. The molecule has 152 valence electrons.